The number of methoxy groups -OCH3 is 1. The van der Waals surface area contributed by atoms with Crippen LogP contribution in [0.4, 0.5) is 0 Å². The summed E-state index contributed by atoms with van der Waals surface area (Å²) in [5, 5.41) is 9.29. The summed E-state index contributed by atoms with van der Waals surface area (Å²) >= 11 is 0. The number of benzene rings is 2. The van der Waals surface area contributed by atoms with Gasteiger partial charge in [0.1, 0.15) is 11.8 Å². The van der Waals surface area contributed by atoms with Gasteiger partial charge in [-0.3, -0.25) is 4.79 Å². The summed E-state index contributed by atoms with van der Waals surface area (Å²) in [6, 6.07) is 13.9. The van der Waals surface area contributed by atoms with Gasteiger partial charge in [0.25, 0.3) is 0 Å². The number of hydrogen-bond donors (Lipinski definition) is 2. The maximum atomic E-state index is 12.3. The Hall–Kier alpha value is -2.38. The molecule has 6 nitrogen and oxygen atoms in total. The number of carbonyl (C=O) groups is 1. The Morgan fingerprint density at radius 2 is 1.71 bits per heavy atom. The van der Waals surface area contributed by atoms with E-state index in [1.54, 1.807) is 42.5 Å². The lowest BCUT2D eigenvalue weighted by Gasteiger charge is -2.17. The number of esters is 1. The molecule has 2 aromatic carbocycles. The van der Waals surface area contributed by atoms with Gasteiger partial charge in [0.05, 0.1) is 12.9 Å². The van der Waals surface area contributed by atoms with Gasteiger partial charge in [-0.15, -0.1) is 0 Å². The Labute approximate surface area is 141 Å². The molecule has 0 saturated heterocycles. The fourth-order valence-corrected chi connectivity index (χ4v) is 3.56. The highest BCUT2D eigenvalue weighted by molar-refractivity contribution is 7.88. The summed E-state index contributed by atoms with van der Waals surface area (Å²) in [6.07, 6.45) is 0.126. The maximum absolute atomic E-state index is 12.3. The van der Waals surface area contributed by atoms with Crippen molar-refractivity contribution in [3.8, 4) is 5.75 Å². The molecule has 0 bridgehead atoms. The van der Waals surface area contributed by atoms with E-state index in [4.69, 9.17) is 0 Å². The molecular weight excluding hydrogens is 330 g/mol. The van der Waals surface area contributed by atoms with Gasteiger partial charge in [-0.2, -0.15) is 0 Å². The highest BCUT2D eigenvalue weighted by Crippen LogP contribution is 2.13. The van der Waals surface area contributed by atoms with Crippen molar-refractivity contribution in [1.29, 1.82) is 0 Å². The van der Waals surface area contributed by atoms with Crippen LogP contribution in [0, 0.1) is 0 Å². The molecule has 24 heavy (non-hydrogen) atoms. The third-order valence-corrected chi connectivity index (χ3v) is 4.74. The van der Waals surface area contributed by atoms with Crippen LogP contribution >= 0.6 is 0 Å². The van der Waals surface area contributed by atoms with Crippen LogP contribution < -0.4 is 4.72 Å². The number of carbonyl (C=O) groups excluding carboxylic acids is 1. The molecule has 7 heteroatoms. The molecule has 2 aromatic rings. The highest BCUT2D eigenvalue weighted by Gasteiger charge is 2.25. The van der Waals surface area contributed by atoms with Gasteiger partial charge >= 0.3 is 5.97 Å². The van der Waals surface area contributed by atoms with E-state index in [0.29, 0.717) is 11.1 Å². The molecule has 0 aliphatic heterocycles. The van der Waals surface area contributed by atoms with Crippen LogP contribution in [0.3, 0.4) is 0 Å². The zero-order valence-corrected chi connectivity index (χ0v) is 14.0. The number of sulfonamides is 1. The third kappa shape index (κ3) is 5.36. The van der Waals surface area contributed by atoms with E-state index in [-0.39, 0.29) is 17.9 Å². The fraction of sp³-hybridized carbons (Fsp3) is 0.235. The highest BCUT2D eigenvalue weighted by atomic mass is 32.2. The number of rotatable bonds is 7. The summed E-state index contributed by atoms with van der Waals surface area (Å²) in [4.78, 5) is 11.9. The van der Waals surface area contributed by atoms with Crippen LogP contribution in [0.1, 0.15) is 11.1 Å². The molecule has 0 spiro atoms. The van der Waals surface area contributed by atoms with Crippen LogP contribution in [0.2, 0.25) is 0 Å². The molecular formula is C17H19NO5S. The van der Waals surface area contributed by atoms with Crippen molar-refractivity contribution in [3.05, 3.63) is 65.7 Å². The normalized spacial score (nSPS) is 12.5. The molecule has 2 N–H and O–H groups in total. The molecule has 0 amide bonds. The molecule has 0 aliphatic carbocycles. The molecule has 0 unspecified atom stereocenters. The lowest BCUT2D eigenvalue weighted by atomic mass is 10.1. The van der Waals surface area contributed by atoms with Crippen molar-refractivity contribution >= 4 is 16.0 Å². The molecule has 0 heterocycles. The number of aromatic hydroxyl groups is 1. The smallest absolute Gasteiger partial charge is 0.324 e. The zero-order chi connectivity index (χ0) is 17.6. The Kier molecular flexibility index (Phi) is 5.94. The van der Waals surface area contributed by atoms with Crippen LogP contribution in [-0.4, -0.2) is 32.6 Å². The van der Waals surface area contributed by atoms with Crippen molar-refractivity contribution in [3.63, 3.8) is 0 Å². The van der Waals surface area contributed by atoms with E-state index in [1.807, 2.05) is 0 Å². The van der Waals surface area contributed by atoms with Crippen LogP contribution in [0.5, 0.6) is 5.75 Å². The van der Waals surface area contributed by atoms with E-state index in [1.165, 1.54) is 19.2 Å². The summed E-state index contributed by atoms with van der Waals surface area (Å²) in [7, 11) is -2.51. The van der Waals surface area contributed by atoms with E-state index in [9.17, 15) is 18.3 Å². The average molecular weight is 349 g/mol. The second-order valence-corrected chi connectivity index (χ2v) is 7.06. The summed E-state index contributed by atoms with van der Waals surface area (Å²) in [5.74, 6) is -0.797. The summed E-state index contributed by atoms with van der Waals surface area (Å²) in [5.41, 5.74) is 1.32. The molecule has 0 aliphatic rings. The maximum Gasteiger partial charge on any atom is 0.324 e. The van der Waals surface area contributed by atoms with E-state index in [2.05, 4.69) is 9.46 Å². The van der Waals surface area contributed by atoms with Gasteiger partial charge in [0.2, 0.25) is 10.0 Å². The Morgan fingerprint density at radius 1 is 1.08 bits per heavy atom. The molecule has 0 radical (unpaired) electrons. The molecule has 0 fully saturated rings. The van der Waals surface area contributed by atoms with Crippen molar-refractivity contribution in [2.75, 3.05) is 7.11 Å². The topological polar surface area (TPSA) is 92.7 Å². The van der Waals surface area contributed by atoms with Crippen LogP contribution in [0.15, 0.2) is 54.6 Å². The van der Waals surface area contributed by atoms with E-state index in [0.717, 1.165) is 0 Å². The van der Waals surface area contributed by atoms with Gasteiger partial charge < -0.3 is 9.84 Å². The number of phenolic OH excluding ortho intramolecular Hbond substituents is 1. The minimum absolute atomic E-state index is 0.0954. The molecule has 1 atom stereocenters. The Bertz CT molecular complexity index is 772. The van der Waals surface area contributed by atoms with Crippen LogP contribution in [-0.2, 0) is 31.7 Å². The number of hydrogen-bond acceptors (Lipinski definition) is 5. The Morgan fingerprint density at radius 3 is 2.29 bits per heavy atom. The van der Waals surface area contributed by atoms with Crippen molar-refractivity contribution in [1.82, 2.24) is 4.72 Å². The number of nitrogens with one attached hydrogen (secondary N) is 1. The predicted molar refractivity (Wildman–Crippen MR) is 89.8 cm³/mol. The third-order valence-electron chi connectivity index (χ3n) is 3.38. The first-order chi connectivity index (χ1) is 11.4. The second kappa shape index (κ2) is 7.94. The van der Waals surface area contributed by atoms with Crippen molar-refractivity contribution in [2.24, 2.45) is 0 Å². The molecule has 128 valence electrons. The minimum atomic E-state index is -3.72. The molecule has 0 aromatic heterocycles. The Balaban J connectivity index is 2.13. The molecule has 0 saturated carbocycles. The molecule has 2 rings (SSSR count). The van der Waals surface area contributed by atoms with Gasteiger partial charge in [0.15, 0.2) is 0 Å². The van der Waals surface area contributed by atoms with Gasteiger partial charge in [-0.05, 0) is 29.7 Å². The second-order valence-electron chi connectivity index (χ2n) is 5.31. The summed E-state index contributed by atoms with van der Waals surface area (Å²) < 4.78 is 31.7. The van der Waals surface area contributed by atoms with Gasteiger partial charge in [-0.25, -0.2) is 13.1 Å². The number of ether oxygens (including phenoxy) is 1. The SMILES string of the molecule is COC(=O)[C@@H](Cc1ccc(O)cc1)NS(=O)(=O)Cc1ccccc1. The van der Waals surface area contributed by atoms with E-state index >= 15 is 0 Å². The standard InChI is InChI=1S/C17H19NO5S/c1-23-17(20)16(11-13-7-9-15(19)10-8-13)18-24(21,22)12-14-5-3-2-4-6-14/h2-10,16,18-19H,11-12H2,1H3/t16-/m1/s1. The van der Waals surface area contributed by atoms with Crippen LogP contribution in [0.25, 0.3) is 0 Å². The first kappa shape index (κ1) is 18.0. The van der Waals surface area contributed by atoms with E-state index < -0.39 is 22.0 Å². The number of phenols is 1. The van der Waals surface area contributed by atoms with Gasteiger partial charge in [0, 0.05) is 0 Å². The zero-order valence-electron chi connectivity index (χ0n) is 13.2. The predicted octanol–water partition coefficient (Wildman–Crippen LogP) is 1.60. The fourth-order valence-electron chi connectivity index (χ4n) is 2.24. The first-order valence-corrected chi connectivity index (χ1v) is 8.94. The first-order valence-electron chi connectivity index (χ1n) is 7.29. The minimum Gasteiger partial charge on any atom is -0.508 e. The summed E-state index contributed by atoms with van der Waals surface area (Å²) in [6.45, 7) is 0. The lowest BCUT2D eigenvalue weighted by molar-refractivity contribution is -0.142. The quantitative estimate of drug-likeness (QED) is 0.741. The van der Waals surface area contributed by atoms with Crippen molar-refractivity contribution < 1.29 is 23.1 Å². The van der Waals surface area contributed by atoms with Gasteiger partial charge in [-0.1, -0.05) is 42.5 Å². The lowest BCUT2D eigenvalue weighted by Crippen LogP contribution is -2.43. The van der Waals surface area contributed by atoms with Crippen molar-refractivity contribution in [2.45, 2.75) is 18.2 Å². The average Bonchev–Trinajstić information content (AvgIpc) is 2.55. The largest absolute Gasteiger partial charge is 0.508 e. The monoisotopic (exact) mass is 349 g/mol.